The molecule has 0 spiro atoms. The van der Waals surface area contributed by atoms with Crippen molar-refractivity contribution >= 4 is 38.5 Å². The Hall–Kier alpha value is -3.08. The fraction of sp³-hybridized carbons (Fsp3) is 0.188. The average Bonchev–Trinajstić information content (AvgIpc) is 3.08. The maximum Gasteiger partial charge on any atom is 0.299 e. The van der Waals surface area contributed by atoms with E-state index in [2.05, 4.69) is 20.3 Å². The van der Waals surface area contributed by atoms with Gasteiger partial charge in [0.1, 0.15) is 17.7 Å². The highest BCUT2D eigenvalue weighted by atomic mass is 32.2. The molecular weight excluding hydrogens is 380 g/mol. The first-order valence-electron chi connectivity index (χ1n) is 7.95. The number of pyridine rings is 1. The van der Waals surface area contributed by atoms with Crippen LogP contribution in [0, 0.1) is 11.6 Å². The first-order valence-corrected chi connectivity index (χ1v) is 9.60. The van der Waals surface area contributed by atoms with E-state index in [0.717, 1.165) is 12.1 Å². The van der Waals surface area contributed by atoms with Crippen LogP contribution >= 0.6 is 0 Å². The van der Waals surface area contributed by atoms with Crippen LogP contribution < -0.4 is 15.0 Å². The molecule has 8 nitrogen and oxygen atoms in total. The molecule has 0 bridgehead atoms. The van der Waals surface area contributed by atoms with Crippen molar-refractivity contribution in [3.8, 4) is 0 Å². The van der Waals surface area contributed by atoms with Gasteiger partial charge in [-0.3, -0.25) is 14.5 Å². The predicted molar refractivity (Wildman–Crippen MR) is 94.7 cm³/mol. The molecule has 3 aromatic rings. The van der Waals surface area contributed by atoms with Gasteiger partial charge >= 0.3 is 0 Å². The zero-order valence-electron chi connectivity index (χ0n) is 14.1. The largest absolute Gasteiger partial charge is 0.317 e. The number of imidazole rings is 1. The molecule has 0 aliphatic carbocycles. The second-order valence-corrected chi connectivity index (χ2v) is 7.55. The Kier molecular flexibility index (Phi) is 5.04. The number of amides is 1. The Morgan fingerprint density at radius 3 is 2.85 bits per heavy atom. The number of sulfonamides is 1. The zero-order chi connectivity index (χ0) is 19.6. The van der Waals surface area contributed by atoms with Gasteiger partial charge in [-0.1, -0.05) is 6.92 Å². The molecule has 3 rings (SSSR count). The molecule has 1 amide bonds. The molecule has 4 N–H and O–H groups in total. The zero-order valence-corrected chi connectivity index (χ0v) is 15.0. The summed E-state index contributed by atoms with van der Waals surface area (Å²) in [5.74, 6) is -3.28. The Labute approximate surface area is 153 Å². The van der Waals surface area contributed by atoms with Crippen molar-refractivity contribution in [3.05, 3.63) is 47.9 Å². The molecule has 142 valence electrons. The lowest BCUT2D eigenvalue weighted by atomic mass is 10.2. The topological polar surface area (TPSA) is 118 Å². The average molecular weight is 396 g/mol. The minimum absolute atomic E-state index is 0.0640. The van der Waals surface area contributed by atoms with E-state index >= 15 is 0 Å². The third-order valence-electron chi connectivity index (χ3n) is 3.65. The van der Waals surface area contributed by atoms with Gasteiger partial charge in [0.15, 0.2) is 17.7 Å². The minimum atomic E-state index is -3.78. The van der Waals surface area contributed by atoms with Crippen LogP contribution in [0.3, 0.4) is 0 Å². The monoisotopic (exact) mass is 396 g/mol. The van der Waals surface area contributed by atoms with Gasteiger partial charge in [0, 0.05) is 0 Å². The normalized spacial score (nSPS) is 11.5. The molecule has 0 aliphatic heterocycles. The molecule has 0 unspecified atom stereocenters. The lowest BCUT2D eigenvalue weighted by Crippen LogP contribution is -2.19. The van der Waals surface area contributed by atoms with E-state index in [1.165, 1.54) is 18.6 Å². The molecule has 1 aromatic carbocycles. The third kappa shape index (κ3) is 4.03. The van der Waals surface area contributed by atoms with Gasteiger partial charge in [-0.15, -0.1) is 4.98 Å². The first-order chi connectivity index (χ1) is 12.8. The summed E-state index contributed by atoms with van der Waals surface area (Å²) >= 11 is 0. The molecule has 2 aromatic heterocycles. The maximum absolute atomic E-state index is 14.6. The van der Waals surface area contributed by atoms with E-state index < -0.39 is 38.9 Å². The Bertz CT molecular complexity index is 1110. The molecule has 0 fully saturated rings. The number of H-pyrrole nitrogens is 2. The van der Waals surface area contributed by atoms with Crippen LogP contribution in [0.4, 0.5) is 20.2 Å². The molecule has 27 heavy (non-hydrogen) atoms. The summed E-state index contributed by atoms with van der Waals surface area (Å²) in [7, 11) is -3.78. The predicted octanol–water partition coefficient (Wildman–Crippen LogP) is 2.06. The maximum atomic E-state index is 14.6. The number of rotatable bonds is 6. The summed E-state index contributed by atoms with van der Waals surface area (Å²) in [6, 6.07) is 3.28. The van der Waals surface area contributed by atoms with Crippen molar-refractivity contribution in [2.75, 3.05) is 15.8 Å². The molecule has 0 saturated carbocycles. The van der Waals surface area contributed by atoms with Crippen LogP contribution in [-0.2, 0) is 10.0 Å². The van der Waals surface area contributed by atoms with Gasteiger partial charge in [0.05, 0.1) is 17.0 Å². The van der Waals surface area contributed by atoms with E-state index in [0.29, 0.717) is 17.6 Å². The summed E-state index contributed by atoms with van der Waals surface area (Å²) in [5, 5.41) is 2.12. The fourth-order valence-electron chi connectivity index (χ4n) is 2.42. The van der Waals surface area contributed by atoms with Crippen molar-refractivity contribution in [1.82, 2.24) is 9.97 Å². The molecule has 11 heteroatoms. The van der Waals surface area contributed by atoms with Crippen LogP contribution in [0.15, 0.2) is 30.7 Å². The lowest BCUT2D eigenvalue weighted by molar-refractivity contribution is -0.347. The van der Waals surface area contributed by atoms with Crippen molar-refractivity contribution in [3.63, 3.8) is 0 Å². The summed E-state index contributed by atoms with van der Waals surface area (Å²) in [4.78, 5) is 22.0. The Morgan fingerprint density at radius 1 is 1.33 bits per heavy atom. The number of fused-ring (bicyclic) bond motifs is 1. The molecule has 0 radical (unpaired) electrons. The summed E-state index contributed by atoms with van der Waals surface area (Å²) in [5.41, 5.74) is -0.0995. The minimum Gasteiger partial charge on any atom is -0.317 e. The van der Waals surface area contributed by atoms with Gasteiger partial charge in [0.25, 0.3) is 11.6 Å². The van der Waals surface area contributed by atoms with Gasteiger partial charge in [-0.05, 0) is 24.6 Å². The second-order valence-electron chi connectivity index (χ2n) is 5.71. The number of carbonyl (C=O) groups is 1. The second kappa shape index (κ2) is 7.27. The van der Waals surface area contributed by atoms with Crippen LogP contribution in [0.25, 0.3) is 11.2 Å². The number of benzene rings is 1. The van der Waals surface area contributed by atoms with Gasteiger partial charge in [-0.25, -0.2) is 22.2 Å². The van der Waals surface area contributed by atoms with E-state index in [4.69, 9.17) is 0 Å². The molecule has 0 saturated heterocycles. The molecular formula is C16H16F2N5O3S+. The number of hydrogen-bond donors (Lipinski definition) is 3. The lowest BCUT2D eigenvalue weighted by Gasteiger charge is -2.12. The number of nitrogens with one attached hydrogen (secondary N) is 4. The van der Waals surface area contributed by atoms with Crippen LogP contribution in [0.5, 0.6) is 0 Å². The van der Waals surface area contributed by atoms with Gasteiger partial charge in [0.2, 0.25) is 10.0 Å². The highest BCUT2D eigenvalue weighted by Gasteiger charge is 2.21. The van der Waals surface area contributed by atoms with Crippen LogP contribution in [0.1, 0.15) is 23.7 Å². The smallest absolute Gasteiger partial charge is 0.299 e. The van der Waals surface area contributed by atoms with Crippen LogP contribution in [0.2, 0.25) is 0 Å². The first kappa shape index (κ1) is 18.7. The fourth-order valence-corrected chi connectivity index (χ4v) is 3.55. The van der Waals surface area contributed by atoms with Crippen LogP contribution in [-0.4, -0.2) is 30.0 Å². The number of halogens is 2. The number of anilines is 2. The van der Waals surface area contributed by atoms with E-state index in [9.17, 15) is 22.0 Å². The Morgan fingerprint density at radius 2 is 2.11 bits per heavy atom. The van der Waals surface area contributed by atoms with Crippen molar-refractivity contribution in [2.24, 2.45) is 0 Å². The number of aromatic nitrogens is 3. The Balaban J connectivity index is 1.89. The molecule has 2 heterocycles. The van der Waals surface area contributed by atoms with Gasteiger partial charge in [-0.2, -0.15) is 0 Å². The quantitative estimate of drug-likeness (QED) is 0.591. The molecule has 0 atom stereocenters. The number of nitrogens with zero attached hydrogens (tertiary/aromatic N) is 1. The number of hydrogen-bond acceptors (Lipinski definition) is 4. The number of carbonyl (C=O) groups excluding carboxylic acids is 1. The van der Waals surface area contributed by atoms with Crippen molar-refractivity contribution in [1.29, 1.82) is 0 Å². The summed E-state index contributed by atoms with van der Waals surface area (Å²) < 4.78 is 54.3. The highest BCUT2D eigenvalue weighted by Crippen LogP contribution is 2.27. The van der Waals surface area contributed by atoms with Crippen molar-refractivity contribution < 1.29 is 27.0 Å². The standard InChI is InChI=1S/C16H15F2N5O3S/c1-2-5-27(25,26)23-11-4-3-10(17)14(13(11)18)22-16(24)9-6-12-15(19-7-9)21-8-20-12/h3-4,6-8,23H,2,5H2,1H3,(H,22,24)(H,19,20,21)/p+1. The number of aromatic amines is 2. The highest BCUT2D eigenvalue weighted by molar-refractivity contribution is 7.92. The SMILES string of the molecule is CCCS(=O)(=O)Nc1ccc(F)c(NC(=O)c2cnc3[nH+]c[nH]c3c2)c1F. The van der Waals surface area contributed by atoms with E-state index in [1.54, 1.807) is 6.92 Å². The van der Waals surface area contributed by atoms with Crippen molar-refractivity contribution in [2.45, 2.75) is 13.3 Å². The van der Waals surface area contributed by atoms with E-state index in [-0.39, 0.29) is 11.3 Å². The third-order valence-corrected chi connectivity index (χ3v) is 5.13. The summed E-state index contributed by atoms with van der Waals surface area (Å²) in [6.45, 7) is 1.65. The summed E-state index contributed by atoms with van der Waals surface area (Å²) in [6.07, 6.45) is 3.09. The molecule has 0 aliphatic rings. The van der Waals surface area contributed by atoms with Gasteiger partial charge < -0.3 is 5.32 Å². The van der Waals surface area contributed by atoms with E-state index in [1.807, 2.05) is 4.72 Å².